The molecule has 0 heterocycles. The molecule has 0 spiro atoms. The Labute approximate surface area is 105 Å². The number of aryl methyl sites for hydroxylation is 2. The van der Waals surface area contributed by atoms with Crippen LogP contribution in [0.2, 0.25) is 0 Å². The highest BCUT2D eigenvalue weighted by atomic mass is 19.1. The SMILES string of the molecule is Cc1cccc(C)c1NC(=O)c1cccc(F)c1. The maximum absolute atomic E-state index is 13.0. The van der Waals surface area contributed by atoms with Crippen molar-refractivity contribution in [3.63, 3.8) is 0 Å². The van der Waals surface area contributed by atoms with Gasteiger partial charge in [0.15, 0.2) is 0 Å². The second-order valence-corrected chi connectivity index (χ2v) is 4.23. The van der Waals surface area contributed by atoms with Crippen LogP contribution >= 0.6 is 0 Å². The molecule has 18 heavy (non-hydrogen) atoms. The number of hydrogen-bond acceptors (Lipinski definition) is 1. The third-order valence-corrected chi connectivity index (χ3v) is 2.81. The molecule has 0 unspecified atom stereocenters. The van der Waals surface area contributed by atoms with Gasteiger partial charge in [-0.1, -0.05) is 24.3 Å². The van der Waals surface area contributed by atoms with E-state index >= 15 is 0 Å². The third-order valence-electron chi connectivity index (χ3n) is 2.81. The smallest absolute Gasteiger partial charge is 0.255 e. The van der Waals surface area contributed by atoms with E-state index in [2.05, 4.69) is 5.32 Å². The topological polar surface area (TPSA) is 29.1 Å². The number of rotatable bonds is 2. The molecule has 3 heteroatoms. The second-order valence-electron chi connectivity index (χ2n) is 4.23. The maximum atomic E-state index is 13.0. The van der Waals surface area contributed by atoms with Crippen LogP contribution in [0.4, 0.5) is 10.1 Å². The average Bonchev–Trinajstić information content (AvgIpc) is 2.34. The Balaban J connectivity index is 2.27. The van der Waals surface area contributed by atoms with E-state index in [0.29, 0.717) is 5.56 Å². The van der Waals surface area contributed by atoms with Crippen LogP contribution in [0.15, 0.2) is 42.5 Å². The fourth-order valence-corrected chi connectivity index (χ4v) is 1.83. The van der Waals surface area contributed by atoms with Gasteiger partial charge in [0.25, 0.3) is 5.91 Å². The first-order valence-corrected chi connectivity index (χ1v) is 5.71. The van der Waals surface area contributed by atoms with Gasteiger partial charge < -0.3 is 5.32 Å². The van der Waals surface area contributed by atoms with Crippen molar-refractivity contribution in [1.29, 1.82) is 0 Å². The molecular weight excluding hydrogens is 229 g/mol. The van der Waals surface area contributed by atoms with Crippen molar-refractivity contribution in [2.75, 3.05) is 5.32 Å². The average molecular weight is 243 g/mol. The van der Waals surface area contributed by atoms with Gasteiger partial charge in [0.2, 0.25) is 0 Å². The van der Waals surface area contributed by atoms with E-state index in [1.54, 1.807) is 6.07 Å². The number of para-hydroxylation sites is 1. The normalized spacial score (nSPS) is 10.2. The summed E-state index contributed by atoms with van der Waals surface area (Å²) in [6, 6.07) is 11.4. The molecule has 0 aromatic heterocycles. The minimum absolute atomic E-state index is 0.299. The highest BCUT2D eigenvalue weighted by Gasteiger charge is 2.09. The summed E-state index contributed by atoms with van der Waals surface area (Å²) in [6.07, 6.45) is 0. The van der Waals surface area contributed by atoms with Crippen molar-refractivity contribution in [2.24, 2.45) is 0 Å². The first-order valence-electron chi connectivity index (χ1n) is 5.71. The van der Waals surface area contributed by atoms with Crippen LogP contribution in [0.1, 0.15) is 21.5 Å². The van der Waals surface area contributed by atoms with Crippen LogP contribution in [0, 0.1) is 19.7 Å². The van der Waals surface area contributed by atoms with Crippen molar-refractivity contribution in [3.05, 3.63) is 65.0 Å². The molecule has 0 fully saturated rings. The number of halogens is 1. The Morgan fingerprint density at radius 3 is 2.28 bits per heavy atom. The molecule has 2 nitrogen and oxygen atoms in total. The van der Waals surface area contributed by atoms with E-state index in [4.69, 9.17) is 0 Å². The van der Waals surface area contributed by atoms with E-state index in [-0.39, 0.29) is 5.91 Å². The van der Waals surface area contributed by atoms with E-state index < -0.39 is 5.82 Å². The predicted molar refractivity (Wildman–Crippen MR) is 70.3 cm³/mol. The highest BCUT2D eigenvalue weighted by molar-refractivity contribution is 6.05. The van der Waals surface area contributed by atoms with Crippen LogP contribution in [0.3, 0.4) is 0 Å². The number of anilines is 1. The zero-order chi connectivity index (χ0) is 13.1. The summed E-state index contributed by atoms with van der Waals surface area (Å²) in [6.45, 7) is 3.85. The Kier molecular flexibility index (Phi) is 3.42. The van der Waals surface area contributed by atoms with Gasteiger partial charge in [-0.2, -0.15) is 0 Å². The zero-order valence-corrected chi connectivity index (χ0v) is 10.3. The molecule has 0 aliphatic heterocycles. The van der Waals surface area contributed by atoms with Crippen LogP contribution in [-0.4, -0.2) is 5.91 Å². The van der Waals surface area contributed by atoms with Gasteiger partial charge in [-0.3, -0.25) is 4.79 Å². The van der Waals surface area contributed by atoms with Gasteiger partial charge in [-0.15, -0.1) is 0 Å². The highest BCUT2D eigenvalue weighted by Crippen LogP contribution is 2.20. The molecule has 0 bridgehead atoms. The minimum atomic E-state index is -0.413. The summed E-state index contributed by atoms with van der Waals surface area (Å²) < 4.78 is 13.0. The van der Waals surface area contributed by atoms with Crippen LogP contribution < -0.4 is 5.32 Å². The number of benzene rings is 2. The molecule has 0 radical (unpaired) electrons. The number of hydrogen-bond donors (Lipinski definition) is 1. The molecule has 0 atom stereocenters. The number of amides is 1. The number of carbonyl (C=O) groups is 1. The quantitative estimate of drug-likeness (QED) is 0.856. The molecule has 1 amide bonds. The monoisotopic (exact) mass is 243 g/mol. The molecule has 1 N–H and O–H groups in total. The Bertz CT molecular complexity index is 573. The van der Waals surface area contributed by atoms with Crippen molar-refractivity contribution < 1.29 is 9.18 Å². The Morgan fingerprint density at radius 1 is 1.06 bits per heavy atom. The molecular formula is C15H14FNO. The molecule has 2 aromatic rings. The van der Waals surface area contributed by atoms with Gasteiger partial charge in [0.05, 0.1) is 0 Å². The molecule has 2 rings (SSSR count). The lowest BCUT2D eigenvalue weighted by molar-refractivity contribution is 0.102. The van der Waals surface area contributed by atoms with Gasteiger partial charge in [0.1, 0.15) is 5.82 Å². The summed E-state index contributed by atoms with van der Waals surface area (Å²) in [7, 11) is 0. The molecule has 0 saturated carbocycles. The molecule has 2 aromatic carbocycles. The lowest BCUT2D eigenvalue weighted by Gasteiger charge is -2.11. The van der Waals surface area contributed by atoms with E-state index in [0.717, 1.165) is 16.8 Å². The largest absolute Gasteiger partial charge is 0.322 e. The standard InChI is InChI=1S/C15H14FNO/c1-10-5-3-6-11(2)14(10)17-15(18)12-7-4-8-13(16)9-12/h3-9H,1-2H3,(H,17,18). The zero-order valence-electron chi connectivity index (χ0n) is 10.3. The van der Waals surface area contributed by atoms with Gasteiger partial charge in [-0.25, -0.2) is 4.39 Å². The van der Waals surface area contributed by atoms with Crippen molar-refractivity contribution in [1.82, 2.24) is 0 Å². The van der Waals surface area contributed by atoms with Crippen LogP contribution in [0.25, 0.3) is 0 Å². The Morgan fingerprint density at radius 2 is 1.67 bits per heavy atom. The van der Waals surface area contributed by atoms with Crippen molar-refractivity contribution in [2.45, 2.75) is 13.8 Å². The summed E-state index contributed by atoms with van der Waals surface area (Å²) in [4.78, 5) is 12.0. The predicted octanol–water partition coefficient (Wildman–Crippen LogP) is 3.69. The number of nitrogens with one attached hydrogen (secondary N) is 1. The third kappa shape index (κ3) is 2.56. The molecule has 0 aliphatic rings. The lowest BCUT2D eigenvalue weighted by atomic mass is 10.1. The number of carbonyl (C=O) groups excluding carboxylic acids is 1. The lowest BCUT2D eigenvalue weighted by Crippen LogP contribution is -2.13. The summed E-state index contributed by atoms with van der Waals surface area (Å²) in [5.74, 6) is -0.712. The van der Waals surface area contributed by atoms with E-state index in [1.807, 2.05) is 32.0 Å². The summed E-state index contributed by atoms with van der Waals surface area (Å²) in [5.41, 5.74) is 3.07. The minimum Gasteiger partial charge on any atom is -0.322 e. The van der Waals surface area contributed by atoms with Gasteiger partial charge in [0, 0.05) is 11.3 Å². The van der Waals surface area contributed by atoms with Crippen molar-refractivity contribution >= 4 is 11.6 Å². The molecule has 0 aliphatic carbocycles. The first-order chi connectivity index (χ1) is 8.58. The summed E-state index contributed by atoms with van der Waals surface area (Å²) in [5, 5.41) is 2.82. The van der Waals surface area contributed by atoms with Crippen molar-refractivity contribution in [3.8, 4) is 0 Å². The second kappa shape index (κ2) is 5.00. The maximum Gasteiger partial charge on any atom is 0.255 e. The van der Waals surface area contributed by atoms with E-state index in [1.165, 1.54) is 18.2 Å². The molecule has 92 valence electrons. The molecule has 0 saturated heterocycles. The van der Waals surface area contributed by atoms with Crippen LogP contribution in [-0.2, 0) is 0 Å². The Hall–Kier alpha value is -2.16. The fraction of sp³-hybridized carbons (Fsp3) is 0.133. The summed E-state index contributed by atoms with van der Waals surface area (Å²) >= 11 is 0. The van der Waals surface area contributed by atoms with Gasteiger partial charge in [-0.05, 0) is 43.2 Å². The fourth-order valence-electron chi connectivity index (χ4n) is 1.83. The van der Waals surface area contributed by atoms with Gasteiger partial charge >= 0.3 is 0 Å². The van der Waals surface area contributed by atoms with E-state index in [9.17, 15) is 9.18 Å². The van der Waals surface area contributed by atoms with Crippen LogP contribution in [0.5, 0.6) is 0 Å². The first kappa shape index (κ1) is 12.3.